The summed E-state index contributed by atoms with van der Waals surface area (Å²) in [6, 6.07) is 8.72. The van der Waals surface area contributed by atoms with E-state index in [2.05, 4.69) is 51.8 Å². The number of carboxylic acids is 1. The number of ether oxygens (including phenoxy) is 1. The van der Waals surface area contributed by atoms with Gasteiger partial charge in [0.2, 0.25) is 0 Å². The fourth-order valence-corrected chi connectivity index (χ4v) is 6.27. The van der Waals surface area contributed by atoms with E-state index in [0.29, 0.717) is 11.3 Å². The van der Waals surface area contributed by atoms with Crippen molar-refractivity contribution in [1.29, 1.82) is 0 Å². The van der Waals surface area contributed by atoms with Crippen LogP contribution in [0.1, 0.15) is 87.3 Å². The Kier molecular flexibility index (Phi) is 8.05. The number of rotatable bonds is 6. The smallest absolute Gasteiger partial charge is 0.337 e. The van der Waals surface area contributed by atoms with Gasteiger partial charge in [-0.25, -0.2) is 14.8 Å². The molecule has 2 aromatic heterocycles. The molecule has 1 saturated heterocycles. The van der Waals surface area contributed by atoms with Crippen molar-refractivity contribution in [3.63, 3.8) is 0 Å². The van der Waals surface area contributed by atoms with Crippen molar-refractivity contribution in [3.8, 4) is 11.1 Å². The number of hydrogen-bond donors (Lipinski definition) is 1. The number of anilines is 2. The molecule has 1 fully saturated rings. The van der Waals surface area contributed by atoms with Gasteiger partial charge >= 0.3 is 5.97 Å². The number of carbonyl (C=O) groups is 1. The van der Waals surface area contributed by atoms with Crippen LogP contribution in [-0.2, 0) is 22.5 Å². The molecule has 3 aromatic rings. The zero-order valence-electron chi connectivity index (χ0n) is 26.4. The molecule has 0 saturated carbocycles. The van der Waals surface area contributed by atoms with E-state index >= 15 is 0 Å². The number of aryl methyl sites for hydroxylation is 3. The number of hydrogen-bond acceptors (Lipinski definition) is 7. The molecule has 0 aliphatic carbocycles. The maximum atomic E-state index is 12.8. The summed E-state index contributed by atoms with van der Waals surface area (Å²) in [5, 5.41) is 10.5. The molecule has 1 atom stereocenters. The first kappa shape index (κ1) is 30.0. The topological polar surface area (TPSA) is 91.7 Å². The van der Waals surface area contributed by atoms with Crippen LogP contribution in [0.2, 0.25) is 0 Å². The summed E-state index contributed by atoms with van der Waals surface area (Å²) in [6.45, 7) is 19.7. The summed E-state index contributed by atoms with van der Waals surface area (Å²) in [7, 11) is 0. The normalized spacial score (nSPS) is 17.6. The molecule has 8 nitrogen and oxygen atoms in total. The van der Waals surface area contributed by atoms with Gasteiger partial charge in [-0.3, -0.25) is 4.98 Å². The number of aliphatic carboxylic acids is 1. The van der Waals surface area contributed by atoms with Gasteiger partial charge in [0.15, 0.2) is 6.10 Å². The molecule has 0 unspecified atom stereocenters. The van der Waals surface area contributed by atoms with Gasteiger partial charge in [-0.15, -0.1) is 0 Å². The van der Waals surface area contributed by atoms with E-state index in [-0.39, 0.29) is 5.41 Å². The lowest BCUT2D eigenvalue weighted by atomic mass is 9.81. The first-order valence-electron chi connectivity index (χ1n) is 15.0. The van der Waals surface area contributed by atoms with Gasteiger partial charge in [0, 0.05) is 60.5 Å². The summed E-state index contributed by atoms with van der Waals surface area (Å²) >= 11 is 0. The maximum Gasteiger partial charge on any atom is 0.337 e. The van der Waals surface area contributed by atoms with Crippen molar-refractivity contribution in [3.05, 3.63) is 64.4 Å². The zero-order chi connectivity index (χ0) is 30.4. The van der Waals surface area contributed by atoms with Gasteiger partial charge in [0.1, 0.15) is 12.1 Å². The predicted octanol–water partition coefficient (Wildman–Crippen LogP) is 6.59. The van der Waals surface area contributed by atoms with Crippen molar-refractivity contribution >= 4 is 17.5 Å². The van der Waals surface area contributed by atoms with Crippen LogP contribution in [0.3, 0.4) is 0 Å². The first-order chi connectivity index (χ1) is 19.7. The van der Waals surface area contributed by atoms with Crippen molar-refractivity contribution in [2.24, 2.45) is 5.41 Å². The van der Waals surface area contributed by atoms with Crippen LogP contribution >= 0.6 is 0 Å². The second-order valence-corrected chi connectivity index (χ2v) is 13.7. The number of carboxylic acid groups (broad SMARTS) is 1. The fourth-order valence-electron chi connectivity index (χ4n) is 6.27. The molecule has 0 amide bonds. The van der Waals surface area contributed by atoms with Crippen molar-refractivity contribution < 1.29 is 14.6 Å². The number of fused-ring (bicyclic) bond motifs is 1. The highest BCUT2D eigenvalue weighted by Crippen LogP contribution is 2.45. The van der Waals surface area contributed by atoms with E-state index in [0.717, 1.165) is 79.5 Å². The highest BCUT2D eigenvalue weighted by atomic mass is 16.5. The molecule has 0 bridgehead atoms. The number of piperidine rings is 1. The minimum absolute atomic E-state index is 0.252. The van der Waals surface area contributed by atoms with Crippen LogP contribution in [0.4, 0.5) is 11.5 Å². The van der Waals surface area contributed by atoms with E-state index in [1.54, 1.807) is 6.33 Å². The quantitative estimate of drug-likeness (QED) is 0.354. The summed E-state index contributed by atoms with van der Waals surface area (Å²) < 4.78 is 6.24. The van der Waals surface area contributed by atoms with Gasteiger partial charge < -0.3 is 19.6 Å². The summed E-state index contributed by atoms with van der Waals surface area (Å²) in [5.74, 6) is -0.0389. The summed E-state index contributed by atoms with van der Waals surface area (Å²) in [4.78, 5) is 31.2. The largest absolute Gasteiger partial charge is 0.479 e. The average molecular weight is 572 g/mol. The monoisotopic (exact) mass is 571 g/mol. The van der Waals surface area contributed by atoms with Crippen molar-refractivity contribution in [2.45, 2.75) is 92.9 Å². The van der Waals surface area contributed by atoms with Gasteiger partial charge in [-0.2, -0.15) is 0 Å². The number of benzene rings is 1. The molecule has 0 radical (unpaired) electrons. The molecular weight excluding hydrogens is 526 g/mol. The first-order valence-corrected chi connectivity index (χ1v) is 15.0. The van der Waals surface area contributed by atoms with Crippen molar-refractivity contribution in [1.82, 2.24) is 15.0 Å². The van der Waals surface area contributed by atoms with Gasteiger partial charge in [-0.05, 0) is 82.9 Å². The second-order valence-electron chi connectivity index (χ2n) is 13.7. The summed E-state index contributed by atoms with van der Waals surface area (Å²) in [5.41, 5.74) is 8.49. The van der Waals surface area contributed by atoms with E-state index in [9.17, 15) is 9.90 Å². The standard InChI is InChI=1S/C34H45N5O3/c1-21-17-27(36-20-35-21)39-14-11-24-18-25(9-10-26(24)19-39)28-22(2)37-23(3)29(31(32(40)41)42-33(4,5)6)30(28)38-15-12-34(7,8)13-16-38/h9-10,17-18,20,31H,11-16,19H2,1-8H3,(H,40,41)/t31-/m0/s1. The Morgan fingerprint density at radius 1 is 0.976 bits per heavy atom. The Morgan fingerprint density at radius 2 is 1.69 bits per heavy atom. The lowest BCUT2D eigenvalue weighted by molar-refractivity contribution is -0.160. The molecule has 0 spiro atoms. The molecule has 224 valence electrons. The molecule has 1 N–H and O–H groups in total. The Hall–Kier alpha value is -3.52. The summed E-state index contributed by atoms with van der Waals surface area (Å²) in [6.07, 6.45) is 3.48. The predicted molar refractivity (Wildman–Crippen MR) is 167 cm³/mol. The molecule has 8 heteroatoms. The minimum atomic E-state index is -1.12. The maximum absolute atomic E-state index is 12.8. The number of aromatic nitrogens is 3. The number of pyridine rings is 1. The Balaban J connectivity index is 1.62. The van der Waals surface area contributed by atoms with E-state index in [1.807, 2.05) is 47.6 Å². The highest BCUT2D eigenvalue weighted by molar-refractivity contribution is 5.88. The van der Waals surface area contributed by atoms with Gasteiger partial charge in [-0.1, -0.05) is 32.0 Å². The SMILES string of the molecule is Cc1cc(N2CCc3cc(-c4c(C)nc(C)c([C@H](OC(C)(C)C)C(=O)O)c4N4CCC(C)(C)CC4)ccc3C2)ncn1. The Bertz CT molecular complexity index is 1480. The van der Waals surface area contributed by atoms with Gasteiger partial charge in [0.05, 0.1) is 11.3 Å². The van der Waals surface area contributed by atoms with E-state index in [1.165, 1.54) is 11.1 Å². The lowest BCUT2D eigenvalue weighted by Gasteiger charge is -2.41. The average Bonchev–Trinajstić information content (AvgIpc) is 2.90. The molecule has 1 aromatic carbocycles. The zero-order valence-corrected chi connectivity index (χ0v) is 26.4. The second kappa shape index (κ2) is 11.3. The molecule has 5 rings (SSSR count). The van der Waals surface area contributed by atoms with Crippen LogP contribution in [0.5, 0.6) is 0 Å². The van der Waals surface area contributed by atoms with Crippen LogP contribution in [0.15, 0.2) is 30.6 Å². The third-order valence-electron chi connectivity index (χ3n) is 8.59. The fraction of sp³-hybridized carbons (Fsp3) is 0.529. The lowest BCUT2D eigenvalue weighted by Crippen LogP contribution is -2.39. The molecule has 42 heavy (non-hydrogen) atoms. The molecule has 2 aliphatic rings. The van der Waals surface area contributed by atoms with Crippen molar-refractivity contribution in [2.75, 3.05) is 29.4 Å². The third-order valence-corrected chi connectivity index (χ3v) is 8.59. The minimum Gasteiger partial charge on any atom is -0.479 e. The number of nitrogens with zero attached hydrogens (tertiary/aromatic N) is 5. The van der Waals surface area contributed by atoms with E-state index in [4.69, 9.17) is 9.72 Å². The van der Waals surface area contributed by atoms with Crippen LogP contribution < -0.4 is 9.80 Å². The Morgan fingerprint density at radius 3 is 2.33 bits per heavy atom. The van der Waals surface area contributed by atoms with Crippen LogP contribution in [-0.4, -0.2) is 51.3 Å². The molecule has 2 aliphatic heterocycles. The third kappa shape index (κ3) is 6.28. The van der Waals surface area contributed by atoms with Gasteiger partial charge in [0.25, 0.3) is 0 Å². The van der Waals surface area contributed by atoms with Crippen LogP contribution in [0.25, 0.3) is 11.1 Å². The van der Waals surface area contributed by atoms with Crippen LogP contribution in [0, 0.1) is 26.2 Å². The van der Waals surface area contributed by atoms with E-state index < -0.39 is 17.7 Å². The molecule has 4 heterocycles. The molecular formula is C34H45N5O3. The highest BCUT2D eigenvalue weighted by Gasteiger charge is 2.36. The Labute approximate surface area is 250 Å².